The molecule has 0 unspecified atom stereocenters. The molecule has 0 saturated carbocycles. The molecule has 0 spiro atoms. The minimum Gasteiger partial charge on any atom is -0.352 e. The second kappa shape index (κ2) is 10.5. The Kier molecular flexibility index (Phi) is 7.81. The summed E-state index contributed by atoms with van der Waals surface area (Å²) in [4.78, 5) is 31.2. The quantitative estimate of drug-likeness (QED) is 0.629. The number of carbonyl (C=O) groups excluding carboxylic acids is 2. The molecular formula is C22H31N5O2S. The first-order valence-electron chi connectivity index (χ1n) is 10.5. The molecule has 0 aliphatic carbocycles. The number of anilines is 1. The van der Waals surface area contributed by atoms with Gasteiger partial charge in [-0.05, 0) is 64.4 Å². The zero-order chi connectivity index (χ0) is 21.5. The number of nitrogens with one attached hydrogen (secondary N) is 3. The Hall–Kier alpha value is -2.45. The van der Waals surface area contributed by atoms with Gasteiger partial charge in [-0.2, -0.15) is 0 Å². The van der Waals surface area contributed by atoms with Gasteiger partial charge in [0.25, 0.3) is 0 Å². The Morgan fingerprint density at radius 3 is 2.50 bits per heavy atom. The van der Waals surface area contributed by atoms with E-state index in [0.717, 1.165) is 54.4 Å². The van der Waals surface area contributed by atoms with E-state index in [2.05, 4.69) is 31.2 Å². The summed E-state index contributed by atoms with van der Waals surface area (Å²) in [6, 6.07) is 7.40. The highest BCUT2D eigenvalue weighted by Gasteiger charge is 2.25. The highest BCUT2D eigenvalue weighted by Crippen LogP contribution is 2.20. The molecule has 2 aromatic rings. The van der Waals surface area contributed by atoms with Crippen molar-refractivity contribution in [3.05, 3.63) is 45.9 Å². The summed E-state index contributed by atoms with van der Waals surface area (Å²) in [5, 5.41) is 11.9. The number of carbonyl (C=O) groups is 2. The first-order chi connectivity index (χ1) is 14.4. The SMILES string of the molecule is Cc1nc(CN2CCC(C(=O)NCc3ccc(NC(=O)NC(C)C)cc3)CC2)cs1. The van der Waals surface area contributed by atoms with Gasteiger partial charge in [0.2, 0.25) is 5.91 Å². The number of urea groups is 1. The lowest BCUT2D eigenvalue weighted by Gasteiger charge is -2.30. The van der Waals surface area contributed by atoms with Crippen LogP contribution < -0.4 is 16.0 Å². The molecule has 0 radical (unpaired) electrons. The molecule has 30 heavy (non-hydrogen) atoms. The van der Waals surface area contributed by atoms with E-state index in [0.29, 0.717) is 6.54 Å². The summed E-state index contributed by atoms with van der Waals surface area (Å²) in [5.41, 5.74) is 2.86. The molecule has 1 saturated heterocycles. The van der Waals surface area contributed by atoms with E-state index in [9.17, 15) is 9.59 Å². The molecular weight excluding hydrogens is 398 g/mol. The molecule has 1 aliphatic heterocycles. The van der Waals surface area contributed by atoms with E-state index >= 15 is 0 Å². The van der Waals surface area contributed by atoms with Crippen molar-refractivity contribution in [1.29, 1.82) is 0 Å². The third kappa shape index (κ3) is 6.81. The van der Waals surface area contributed by atoms with E-state index in [4.69, 9.17) is 0 Å². The number of hydrogen-bond acceptors (Lipinski definition) is 5. The Balaban J connectivity index is 1.39. The molecule has 162 valence electrons. The number of rotatable bonds is 7. The van der Waals surface area contributed by atoms with Gasteiger partial charge in [-0.15, -0.1) is 11.3 Å². The predicted octanol–water partition coefficient (Wildman–Crippen LogP) is 3.51. The number of aryl methyl sites for hydroxylation is 1. The van der Waals surface area contributed by atoms with E-state index in [-0.39, 0.29) is 23.9 Å². The maximum Gasteiger partial charge on any atom is 0.319 e. The van der Waals surface area contributed by atoms with Crippen LogP contribution in [0.4, 0.5) is 10.5 Å². The van der Waals surface area contributed by atoms with Crippen molar-refractivity contribution in [2.45, 2.75) is 52.7 Å². The fourth-order valence-electron chi connectivity index (χ4n) is 3.53. The summed E-state index contributed by atoms with van der Waals surface area (Å²) in [5.74, 6) is 0.191. The van der Waals surface area contributed by atoms with Crippen molar-refractivity contribution in [1.82, 2.24) is 20.5 Å². The molecule has 2 heterocycles. The molecule has 3 amide bonds. The largest absolute Gasteiger partial charge is 0.352 e. The van der Waals surface area contributed by atoms with Crippen LogP contribution in [0.25, 0.3) is 0 Å². The number of piperidine rings is 1. The third-order valence-corrected chi connectivity index (χ3v) is 5.93. The summed E-state index contributed by atoms with van der Waals surface area (Å²) >= 11 is 1.68. The fraction of sp³-hybridized carbons (Fsp3) is 0.500. The molecule has 1 aromatic heterocycles. The van der Waals surface area contributed by atoms with Crippen LogP contribution in [0.15, 0.2) is 29.6 Å². The van der Waals surface area contributed by atoms with Gasteiger partial charge in [-0.1, -0.05) is 12.1 Å². The Labute approximate surface area is 182 Å². The van der Waals surface area contributed by atoms with Gasteiger partial charge in [0.1, 0.15) is 0 Å². The molecule has 1 fully saturated rings. The number of likely N-dealkylation sites (tertiary alicyclic amines) is 1. The molecule has 3 rings (SSSR count). The van der Waals surface area contributed by atoms with Crippen molar-refractivity contribution in [2.75, 3.05) is 18.4 Å². The summed E-state index contributed by atoms with van der Waals surface area (Å²) in [6.07, 6.45) is 1.76. The minimum atomic E-state index is -0.220. The first kappa shape index (κ1) is 22.2. The van der Waals surface area contributed by atoms with Gasteiger partial charge in [0, 0.05) is 36.1 Å². The van der Waals surface area contributed by atoms with Crippen LogP contribution in [0.3, 0.4) is 0 Å². The molecule has 0 bridgehead atoms. The van der Waals surface area contributed by atoms with Crippen molar-refractivity contribution >= 4 is 29.0 Å². The lowest BCUT2D eigenvalue weighted by atomic mass is 9.95. The van der Waals surface area contributed by atoms with Crippen molar-refractivity contribution in [2.24, 2.45) is 5.92 Å². The topological polar surface area (TPSA) is 86.4 Å². The number of benzene rings is 1. The third-order valence-electron chi connectivity index (χ3n) is 5.11. The van der Waals surface area contributed by atoms with Crippen molar-refractivity contribution in [3.63, 3.8) is 0 Å². The van der Waals surface area contributed by atoms with E-state index in [1.54, 1.807) is 11.3 Å². The number of thiazole rings is 1. The monoisotopic (exact) mass is 429 g/mol. The lowest BCUT2D eigenvalue weighted by molar-refractivity contribution is -0.126. The van der Waals surface area contributed by atoms with Crippen LogP contribution in [0, 0.1) is 12.8 Å². The maximum absolute atomic E-state index is 12.5. The maximum atomic E-state index is 12.5. The van der Waals surface area contributed by atoms with Gasteiger partial charge >= 0.3 is 6.03 Å². The Morgan fingerprint density at radius 2 is 1.90 bits per heavy atom. The zero-order valence-electron chi connectivity index (χ0n) is 17.9. The van der Waals surface area contributed by atoms with Crippen LogP contribution in [0.1, 0.15) is 43.0 Å². The molecule has 1 aliphatic rings. The van der Waals surface area contributed by atoms with Crippen LogP contribution >= 0.6 is 11.3 Å². The first-order valence-corrected chi connectivity index (χ1v) is 11.3. The number of amides is 3. The molecule has 8 heteroatoms. The average molecular weight is 430 g/mol. The van der Waals surface area contributed by atoms with Gasteiger partial charge in [0.15, 0.2) is 0 Å². The van der Waals surface area contributed by atoms with E-state index < -0.39 is 0 Å². The summed E-state index contributed by atoms with van der Waals surface area (Å²) in [6.45, 7) is 9.07. The van der Waals surface area contributed by atoms with Crippen LogP contribution in [0.2, 0.25) is 0 Å². The standard InChI is InChI=1S/C22H31N5O2S/c1-15(2)24-22(29)26-19-6-4-17(5-7-19)12-23-21(28)18-8-10-27(11-9-18)13-20-14-30-16(3)25-20/h4-7,14-15,18H,8-13H2,1-3H3,(H,23,28)(H2,24,26,29). The number of hydrogen-bond donors (Lipinski definition) is 3. The second-order valence-corrected chi connectivity index (χ2v) is 9.14. The number of aromatic nitrogens is 1. The lowest BCUT2D eigenvalue weighted by Crippen LogP contribution is -2.40. The normalized spacial score (nSPS) is 15.2. The molecule has 3 N–H and O–H groups in total. The highest BCUT2D eigenvalue weighted by molar-refractivity contribution is 7.09. The number of nitrogens with zero attached hydrogens (tertiary/aromatic N) is 2. The predicted molar refractivity (Wildman–Crippen MR) is 120 cm³/mol. The summed E-state index contributed by atoms with van der Waals surface area (Å²) in [7, 11) is 0. The Bertz CT molecular complexity index is 841. The van der Waals surface area contributed by atoms with E-state index in [1.165, 1.54) is 0 Å². The molecule has 1 aromatic carbocycles. The van der Waals surface area contributed by atoms with Crippen LogP contribution in [0.5, 0.6) is 0 Å². The Morgan fingerprint density at radius 1 is 1.20 bits per heavy atom. The highest BCUT2D eigenvalue weighted by atomic mass is 32.1. The van der Waals surface area contributed by atoms with Gasteiger partial charge in [0.05, 0.1) is 10.7 Å². The van der Waals surface area contributed by atoms with Gasteiger partial charge < -0.3 is 16.0 Å². The van der Waals surface area contributed by atoms with E-state index in [1.807, 2.05) is 45.0 Å². The van der Waals surface area contributed by atoms with Gasteiger partial charge in [-0.25, -0.2) is 9.78 Å². The zero-order valence-corrected chi connectivity index (χ0v) is 18.7. The molecule has 7 nitrogen and oxygen atoms in total. The minimum absolute atomic E-state index is 0.0686. The molecule has 0 atom stereocenters. The van der Waals surface area contributed by atoms with Crippen molar-refractivity contribution < 1.29 is 9.59 Å². The smallest absolute Gasteiger partial charge is 0.319 e. The van der Waals surface area contributed by atoms with Crippen molar-refractivity contribution in [3.8, 4) is 0 Å². The van der Waals surface area contributed by atoms with Crippen LogP contribution in [-0.2, 0) is 17.9 Å². The average Bonchev–Trinajstić information content (AvgIpc) is 3.11. The second-order valence-electron chi connectivity index (χ2n) is 8.08. The van der Waals surface area contributed by atoms with Gasteiger partial charge in [-0.3, -0.25) is 9.69 Å². The summed E-state index contributed by atoms with van der Waals surface area (Å²) < 4.78 is 0. The van der Waals surface area contributed by atoms with Crippen LogP contribution in [-0.4, -0.2) is 41.0 Å². The fourth-order valence-corrected chi connectivity index (χ4v) is 4.14.